The summed E-state index contributed by atoms with van der Waals surface area (Å²) >= 11 is 4.65. The molecule has 2 N–H and O–H groups in total. The molecule has 3 aromatic rings. The van der Waals surface area contributed by atoms with Crippen molar-refractivity contribution in [2.45, 2.75) is 26.9 Å². The number of aryl methyl sites for hydroxylation is 2. The molecule has 0 aliphatic carbocycles. The number of hydrogen-bond acceptors (Lipinski definition) is 6. The lowest BCUT2D eigenvalue weighted by molar-refractivity contribution is 0.0781. The van der Waals surface area contributed by atoms with Crippen LogP contribution < -0.4 is 10.6 Å². The van der Waals surface area contributed by atoms with Crippen LogP contribution in [-0.2, 0) is 13.1 Å². The van der Waals surface area contributed by atoms with Gasteiger partial charge in [0.2, 0.25) is 0 Å². The summed E-state index contributed by atoms with van der Waals surface area (Å²) in [6, 6.07) is 5.52. The van der Waals surface area contributed by atoms with Gasteiger partial charge in [-0.1, -0.05) is 28.6 Å². The number of thiazole rings is 1. The van der Waals surface area contributed by atoms with E-state index in [0.29, 0.717) is 37.2 Å². The predicted molar refractivity (Wildman–Crippen MR) is 114 cm³/mol. The lowest BCUT2D eigenvalue weighted by Crippen LogP contribution is -2.28. The molecule has 3 amide bonds. The summed E-state index contributed by atoms with van der Waals surface area (Å²) in [4.78, 5) is 30.7. The van der Waals surface area contributed by atoms with Crippen LogP contribution in [0.2, 0.25) is 0 Å². The standard InChI is InChI=1S/C19H19BrFN5O3S/c1-10-15(11(2)29-25-10)17(27)26(3)9-14-16(20)30-19(23-14)24-18(28)22-8-12-5-4-6-13(21)7-12/h4-7H,8-9H2,1-3H3,(H2,22,23,24,28). The Kier molecular flexibility index (Phi) is 6.83. The third-order valence-electron chi connectivity index (χ3n) is 4.19. The molecule has 0 unspecified atom stereocenters. The van der Waals surface area contributed by atoms with E-state index in [-0.39, 0.29) is 24.8 Å². The molecule has 0 bridgehead atoms. The zero-order valence-electron chi connectivity index (χ0n) is 16.5. The maximum Gasteiger partial charge on any atom is 0.321 e. The van der Waals surface area contributed by atoms with Gasteiger partial charge in [0.15, 0.2) is 5.13 Å². The fraction of sp³-hybridized carbons (Fsp3) is 0.263. The Hall–Kier alpha value is -2.79. The highest BCUT2D eigenvalue weighted by Crippen LogP contribution is 2.29. The van der Waals surface area contributed by atoms with Gasteiger partial charge in [-0.3, -0.25) is 10.1 Å². The molecule has 0 spiro atoms. The first-order chi connectivity index (χ1) is 14.2. The molecule has 0 saturated carbocycles. The van der Waals surface area contributed by atoms with E-state index in [0.717, 1.165) is 0 Å². The zero-order chi connectivity index (χ0) is 21.8. The molecule has 30 heavy (non-hydrogen) atoms. The van der Waals surface area contributed by atoms with Crippen LogP contribution >= 0.6 is 27.3 Å². The smallest absolute Gasteiger partial charge is 0.321 e. The second-order valence-electron chi connectivity index (χ2n) is 6.54. The highest BCUT2D eigenvalue weighted by molar-refractivity contribution is 9.11. The summed E-state index contributed by atoms with van der Waals surface area (Å²) in [7, 11) is 1.65. The van der Waals surface area contributed by atoms with Gasteiger partial charge in [0.05, 0.1) is 21.7 Å². The fourth-order valence-corrected chi connectivity index (χ4v) is 4.10. The second kappa shape index (κ2) is 9.35. The van der Waals surface area contributed by atoms with Crippen LogP contribution in [0, 0.1) is 19.7 Å². The Morgan fingerprint density at radius 3 is 2.77 bits per heavy atom. The third kappa shape index (κ3) is 5.22. The lowest BCUT2D eigenvalue weighted by Gasteiger charge is -2.15. The molecule has 0 atom stereocenters. The molecule has 3 rings (SSSR count). The molecule has 1 aromatic carbocycles. The number of benzene rings is 1. The molecule has 0 saturated heterocycles. The van der Waals surface area contributed by atoms with Crippen LogP contribution in [-0.4, -0.2) is 34.0 Å². The van der Waals surface area contributed by atoms with Gasteiger partial charge in [-0.15, -0.1) is 0 Å². The van der Waals surface area contributed by atoms with E-state index in [2.05, 4.69) is 36.7 Å². The number of nitrogens with zero attached hydrogens (tertiary/aromatic N) is 3. The van der Waals surface area contributed by atoms with Crippen LogP contribution in [0.4, 0.5) is 14.3 Å². The predicted octanol–water partition coefficient (Wildman–Crippen LogP) is 4.24. The largest absolute Gasteiger partial charge is 0.361 e. The zero-order valence-corrected chi connectivity index (χ0v) is 18.9. The van der Waals surface area contributed by atoms with Crippen molar-refractivity contribution >= 4 is 44.3 Å². The summed E-state index contributed by atoms with van der Waals surface area (Å²) in [5.74, 6) is -0.133. The molecule has 0 aliphatic rings. The van der Waals surface area contributed by atoms with Gasteiger partial charge in [0, 0.05) is 13.6 Å². The van der Waals surface area contributed by atoms with Crippen molar-refractivity contribution in [3.63, 3.8) is 0 Å². The van der Waals surface area contributed by atoms with Crippen LogP contribution in [0.25, 0.3) is 0 Å². The highest BCUT2D eigenvalue weighted by atomic mass is 79.9. The van der Waals surface area contributed by atoms with Crippen molar-refractivity contribution in [2.24, 2.45) is 0 Å². The Balaban J connectivity index is 1.59. The minimum absolute atomic E-state index is 0.178. The number of nitrogens with one attached hydrogen (secondary N) is 2. The SMILES string of the molecule is Cc1noc(C)c1C(=O)N(C)Cc1nc(NC(=O)NCc2cccc(F)c2)sc1Br. The van der Waals surface area contributed by atoms with E-state index < -0.39 is 6.03 Å². The molecule has 8 nitrogen and oxygen atoms in total. The first-order valence-corrected chi connectivity index (χ1v) is 10.5. The number of carbonyl (C=O) groups is 2. The molecular formula is C19H19BrFN5O3S. The Morgan fingerprint density at radius 1 is 1.33 bits per heavy atom. The van der Waals surface area contributed by atoms with Crippen LogP contribution in [0.1, 0.15) is 33.1 Å². The van der Waals surface area contributed by atoms with Gasteiger partial charge in [-0.05, 0) is 47.5 Å². The summed E-state index contributed by atoms with van der Waals surface area (Å²) < 4.78 is 19.0. The summed E-state index contributed by atoms with van der Waals surface area (Å²) in [6.07, 6.45) is 0. The topological polar surface area (TPSA) is 100 Å². The van der Waals surface area contributed by atoms with E-state index in [9.17, 15) is 14.0 Å². The number of hydrogen-bond donors (Lipinski definition) is 2. The van der Waals surface area contributed by atoms with Gasteiger partial charge >= 0.3 is 6.03 Å². The quantitative estimate of drug-likeness (QED) is 0.532. The number of halogens is 2. The molecular weight excluding hydrogens is 477 g/mol. The third-order valence-corrected chi connectivity index (χ3v) is 5.94. The van der Waals surface area contributed by atoms with Crippen LogP contribution in [0.15, 0.2) is 32.6 Å². The highest BCUT2D eigenvalue weighted by Gasteiger charge is 2.23. The lowest BCUT2D eigenvalue weighted by atomic mass is 10.2. The Bertz CT molecular complexity index is 1060. The molecule has 0 aliphatic heterocycles. The summed E-state index contributed by atoms with van der Waals surface area (Å²) in [6.45, 7) is 3.80. The first kappa shape index (κ1) is 21.9. The maximum atomic E-state index is 13.2. The van der Waals surface area contributed by atoms with Crippen molar-refractivity contribution in [3.05, 3.63) is 62.1 Å². The van der Waals surface area contributed by atoms with E-state index in [1.54, 1.807) is 33.0 Å². The summed E-state index contributed by atoms with van der Waals surface area (Å²) in [5.41, 5.74) is 2.20. The van der Waals surface area contributed by atoms with E-state index in [1.165, 1.54) is 28.4 Å². The van der Waals surface area contributed by atoms with Crippen molar-refractivity contribution in [3.8, 4) is 0 Å². The molecule has 0 radical (unpaired) electrons. The number of rotatable bonds is 6. The van der Waals surface area contributed by atoms with Gasteiger partial charge in [0.1, 0.15) is 17.1 Å². The minimum atomic E-state index is -0.466. The molecule has 0 fully saturated rings. The van der Waals surface area contributed by atoms with Crippen LogP contribution in [0.3, 0.4) is 0 Å². The Labute approximate surface area is 184 Å². The van der Waals surface area contributed by atoms with Crippen molar-refractivity contribution in [1.29, 1.82) is 0 Å². The van der Waals surface area contributed by atoms with Crippen LogP contribution in [0.5, 0.6) is 0 Å². The van der Waals surface area contributed by atoms with Gasteiger partial charge in [-0.2, -0.15) is 0 Å². The average Bonchev–Trinajstić information content (AvgIpc) is 3.20. The van der Waals surface area contributed by atoms with Crippen molar-refractivity contribution < 1.29 is 18.5 Å². The molecule has 11 heteroatoms. The monoisotopic (exact) mass is 495 g/mol. The van der Waals surface area contributed by atoms with Gasteiger partial charge in [0.25, 0.3) is 5.91 Å². The second-order valence-corrected chi connectivity index (χ2v) is 8.85. The number of anilines is 1. The van der Waals surface area contributed by atoms with Crippen molar-refractivity contribution in [2.75, 3.05) is 12.4 Å². The summed E-state index contributed by atoms with van der Waals surface area (Å²) in [5, 5.41) is 9.46. The minimum Gasteiger partial charge on any atom is -0.361 e. The molecule has 2 heterocycles. The maximum absolute atomic E-state index is 13.2. The normalized spacial score (nSPS) is 10.7. The van der Waals surface area contributed by atoms with E-state index in [4.69, 9.17) is 4.52 Å². The number of urea groups is 1. The Morgan fingerprint density at radius 2 is 2.10 bits per heavy atom. The average molecular weight is 496 g/mol. The number of carbonyl (C=O) groups excluding carboxylic acids is 2. The first-order valence-electron chi connectivity index (χ1n) is 8.87. The molecule has 2 aromatic heterocycles. The number of amides is 3. The number of aromatic nitrogens is 2. The van der Waals surface area contributed by atoms with Gasteiger partial charge in [-0.25, -0.2) is 14.2 Å². The molecule has 158 valence electrons. The van der Waals surface area contributed by atoms with Crippen molar-refractivity contribution in [1.82, 2.24) is 20.4 Å². The fourth-order valence-electron chi connectivity index (χ4n) is 2.73. The van der Waals surface area contributed by atoms with Gasteiger partial charge < -0.3 is 14.7 Å². The van der Waals surface area contributed by atoms with E-state index >= 15 is 0 Å². The van der Waals surface area contributed by atoms with E-state index in [1.807, 2.05) is 0 Å².